The minimum Gasteiger partial charge on any atom is -0.275 e. The fourth-order valence-corrected chi connectivity index (χ4v) is 1.56. The van der Waals surface area contributed by atoms with E-state index in [9.17, 15) is 9.18 Å². The van der Waals surface area contributed by atoms with E-state index in [0.29, 0.717) is 11.5 Å². The lowest BCUT2D eigenvalue weighted by molar-refractivity contribution is 0.107. The molecule has 68 valence electrons. The molecule has 1 aliphatic carbocycles. The van der Waals surface area contributed by atoms with Gasteiger partial charge < -0.3 is 0 Å². The van der Waals surface area contributed by atoms with Crippen molar-refractivity contribution in [3.05, 3.63) is 35.1 Å². The molecule has 0 aliphatic heterocycles. The van der Waals surface area contributed by atoms with Gasteiger partial charge in [0.05, 0.1) is 5.56 Å². The molecule has 13 heavy (non-hydrogen) atoms. The van der Waals surface area contributed by atoms with Crippen LogP contribution in [0.3, 0.4) is 0 Å². The molecule has 0 amide bonds. The summed E-state index contributed by atoms with van der Waals surface area (Å²) in [6.45, 7) is 0. The predicted octanol–water partition coefficient (Wildman–Crippen LogP) is 3.08. The van der Waals surface area contributed by atoms with Crippen LogP contribution in [-0.4, -0.2) is 5.24 Å². The average molecular weight is 199 g/mol. The van der Waals surface area contributed by atoms with Crippen LogP contribution in [0.2, 0.25) is 0 Å². The molecule has 0 spiro atoms. The summed E-state index contributed by atoms with van der Waals surface area (Å²) >= 11 is 5.23. The van der Waals surface area contributed by atoms with Crippen LogP contribution >= 0.6 is 11.6 Å². The summed E-state index contributed by atoms with van der Waals surface area (Å²) in [6.07, 6.45) is 2.02. The second kappa shape index (κ2) is 3.11. The van der Waals surface area contributed by atoms with Gasteiger partial charge in [-0.1, -0.05) is 12.1 Å². The van der Waals surface area contributed by atoms with E-state index in [1.165, 1.54) is 6.07 Å². The van der Waals surface area contributed by atoms with Gasteiger partial charge in [0.15, 0.2) is 0 Å². The van der Waals surface area contributed by atoms with Crippen molar-refractivity contribution in [3.63, 3.8) is 0 Å². The largest absolute Gasteiger partial charge is 0.275 e. The Hall–Kier alpha value is -0.890. The second-order valence-electron chi connectivity index (χ2n) is 3.26. The number of carbonyl (C=O) groups is 1. The van der Waals surface area contributed by atoms with Crippen LogP contribution < -0.4 is 0 Å². The van der Waals surface area contributed by atoms with Gasteiger partial charge in [0.1, 0.15) is 5.82 Å². The number of hydrogen-bond donors (Lipinski definition) is 0. The topological polar surface area (TPSA) is 17.1 Å². The minimum absolute atomic E-state index is 0.00827. The zero-order valence-corrected chi connectivity index (χ0v) is 7.64. The number of rotatable bonds is 2. The van der Waals surface area contributed by atoms with Crippen molar-refractivity contribution < 1.29 is 9.18 Å². The number of halogens is 2. The Morgan fingerprint density at radius 3 is 2.69 bits per heavy atom. The summed E-state index contributed by atoms with van der Waals surface area (Å²) in [5, 5.41) is -0.722. The Balaban J connectivity index is 2.47. The molecule has 1 aromatic carbocycles. The maximum Gasteiger partial charge on any atom is 0.255 e. The highest BCUT2D eigenvalue weighted by Crippen LogP contribution is 2.41. The van der Waals surface area contributed by atoms with E-state index < -0.39 is 11.1 Å². The van der Waals surface area contributed by atoms with Gasteiger partial charge in [-0.25, -0.2) is 4.39 Å². The first kappa shape index (κ1) is 8.70. The van der Waals surface area contributed by atoms with Crippen LogP contribution in [0, 0.1) is 5.82 Å². The summed E-state index contributed by atoms with van der Waals surface area (Å²) in [5.41, 5.74) is 0.623. The van der Waals surface area contributed by atoms with Gasteiger partial charge in [-0.15, -0.1) is 0 Å². The quantitative estimate of drug-likeness (QED) is 0.668. The van der Waals surface area contributed by atoms with E-state index in [4.69, 9.17) is 11.6 Å². The highest BCUT2D eigenvalue weighted by Gasteiger charge is 2.28. The SMILES string of the molecule is O=C(Cl)c1cccc(C2CC2)c1F. The molecule has 3 heteroatoms. The third-order valence-corrected chi connectivity index (χ3v) is 2.46. The van der Waals surface area contributed by atoms with E-state index >= 15 is 0 Å². The van der Waals surface area contributed by atoms with Gasteiger partial charge in [-0.3, -0.25) is 4.79 Å². The molecule has 0 heterocycles. The molecule has 0 aromatic heterocycles. The molecule has 1 nitrogen and oxygen atoms in total. The molecule has 0 N–H and O–H groups in total. The van der Waals surface area contributed by atoms with E-state index in [0.717, 1.165) is 12.8 Å². The predicted molar refractivity (Wildman–Crippen MR) is 48.6 cm³/mol. The molecule has 0 bridgehead atoms. The zero-order chi connectivity index (χ0) is 9.42. The average Bonchev–Trinajstić information content (AvgIpc) is 2.87. The lowest BCUT2D eigenvalue weighted by Crippen LogP contribution is -1.98. The van der Waals surface area contributed by atoms with Gasteiger partial charge >= 0.3 is 0 Å². The number of carbonyl (C=O) groups excluding carboxylic acids is 1. The van der Waals surface area contributed by atoms with Crippen LogP contribution in [0.4, 0.5) is 4.39 Å². The molecule has 0 radical (unpaired) electrons. The van der Waals surface area contributed by atoms with Crippen LogP contribution in [0.25, 0.3) is 0 Å². The maximum atomic E-state index is 13.5. The van der Waals surface area contributed by atoms with Gasteiger partial charge in [0.2, 0.25) is 0 Å². The van der Waals surface area contributed by atoms with E-state index in [1.54, 1.807) is 12.1 Å². The lowest BCUT2D eigenvalue weighted by atomic mass is 10.1. The number of hydrogen-bond acceptors (Lipinski definition) is 1. The van der Waals surface area contributed by atoms with Gasteiger partial charge in [-0.2, -0.15) is 0 Å². The van der Waals surface area contributed by atoms with Crippen molar-refractivity contribution in [3.8, 4) is 0 Å². The summed E-state index contributed by atoms with van der Waals surface area (Å²) in [5.74, 6) is -0.138. The van der Waals surface area contributed by atoms with Crippen LogP contribution in [-0.2, 0) is 0 Å². The molecule has 0 atom stereocenters. The first-order valence-electron chi connectivity index (χ1n) is 4.18. The summed E-state index contributed by atoms with van der Waals surface area (Å²) < 4.78 is 13.5. The van der Waals surface area contributed by atoms with Crippen molar-refractivity contribution in [2.24, 2.45) is 0 Å². The molecule has 2 rings (SSSR count). The van der Waals surface area contributed by atoms with Crippen molar-refractivity contribution in [1.82, 2.24) is 0 Å². The first-order valence-corrected chi connectivity index (χ1v) is 4.56. The highest BCUT2D eigenvalue weighted by molar-refractivity contribution is 6.67. The monoisotopic (exact) mass is 198 g/mol. The fourth-order valence-electron chi connectivity index (χ4n) is 1.41. The van der Waals surface area contributed by atoms with Gasteiger partial charge in [0.25, 0.3) is 5.24 Å². The van der Waals surface area contributed by atoms with Crippen molar-refractivity contribution in [2.75, 3.05) is 0 Å². The van der Waals surface area contributed by atoms with Gasteiger partial charge in [0, 0.05) is 0 Å². The summed E-state index contributed by atoms with van der Waals surface area (Å²) in [6, 6.07) is 4.80. The number of benzene rings is 1. The normalized spacial score (nSPS) is 15.8. The van der Waals surface area contributed by atoms with Crippen molar-refractivity contribution in [2.45, 2.75) is 18.8 Å². The molecule has 1 saturated carbocycles. The van der Waals surface area contributed by atoms with E-state index in [2.05, 4.69) is 0 Å². The van der Waals surface area contributed by atoms with E-state index in [1.807, 2.05) is 0 Å². The Morgan fingerprint density at radius 1 is 1.46 bits per heavy atom. The highest BCUT2D eigenvalue weighted by atomic mass is 35.5. The molecular formula is C10H8ClFO. The smallest absolute Gasteiger partial charge is 0.255 e. The summed E-state index contributed by atoms with van der Waals surface area (Å²) in [7, 11) is 0. The van der Waals surface area contributed by atoms with Crippen LogP contribution in [0.5, 0.6) is 0 Å². The van der Waals surface area contributed by atoms with Crippen LogP contribution in [0.1, 0.15) is 34.7 Å². The van der Waals surface area contributed by atoms with Gasteiger partial charge in [-0.05, 0) is 42.0 Å². The zero-order valence-electron chi connectivity index (χ0n) is 6.89. The molecule has 1 aromatic rings. The molecule has 0 saturated heterocycles. The van der Waals surface area contributed by atoms with E-state index in [-0.39, 0.29) is 5.56 Å². The fraction of sp³-hybridized carbons (Fsp3) is 0.300. The molecule has 0 unspecified atom stereocenters. The third kappa shape index (κ3) is 1.59. The maximum absolute atomic E-state index is 13.5. The summed E-state index contributed by atoms with van der Waals surface area (Å²) in [4.78, 5) is 10.8. The lowest BCUT2D eigenvalue weighted by Gasteiger charge is -2.02. The first-order chi connectivity index (χ1) is 6.20. The standard InChI is InChI=1S/C10H8ClFO/c11-10(13)8-3-1-2-7(9(8)12)6-4-5-6/h1-3,6H,4-5H2. The molecule has 1 aliphatic rings. The molecular weight excluding hydrogens is 191 g/mol. The minimum atomic E-state index is -0.722. The Kier molecular flexibility index (Phi) is 2.08. The van der Waals surface area contributed by atoms with Crippen molar-refractivity contribution in [1.29, 1.82) is 0 Å². The third-order valence-electron chi connectivity index (χ3n) is 2.26. The Morgan fingerprint density at radius 2 is 2.15 bits per heavy atom. The molecule has 1 fully saturated rings. The van der Waals surface area contributed by atoms with Crippen molar-refractivity contribution >= 4 is 16.8 Å². The Labute approximate surface area is 80.5 Å². The Bertz CT molecular complexity index is 358. The second-order valence-corrected chi connectivity index (χ2v) is 3.60. The van der Waals surface area contributed by atoms with Crippen LogP contribution in [0.15, 0.2) is 18.2 Å².